The Hall–Kier alpha value is -3.79. The maximum Gasteiger partial charge on any atom is 0.261 e. The van der Waals surface area contributed by atoms with Crippen molar-refractivity contribution in [3.63, 3.8) is 0 Å². The van der Waals surface area contributed by atoms with E-state index in [1.165, 1.54) is 24.3 Å². The molecule has 0 saturated heterocycles. The number of benzene rings is 2. The highest BCUT2D eigenvalue weighted by atomic mass is 32.1. The van der Waals surface area contributed by atoms with Crippen molar-refractivity contribution < 1.29 is 23.6 Å². The molecule has 156 valence electrons. The van der Waals surface area contributed by atoms with E-state index in [0.29, 0.717) is 21.7 Å². The largest absolute Gasteiger partial charge is 0.301 e. The minimum Gasteiger partial charge on any atom is -0.301 e. The lowest BCUT2D eigenvalue weighted by molar-refractivity contribution is -0.116. The molecule has 0 fully saturated rings. The molecule has 1 aromatic heterocycles. The molecule has 0 atom stereocenters. The van der Waals surface area contributed by atoms with Crippen molar-refractivity contribution in [1.82, 2.24) is 15.1 Å². The van der Waals surface area contributed by atoms with Gasteiger partial charge in [-0.1, -0.05) is 23.5 Å². The Labute approximate surface area is 179 Å². The van der Waals surface area contributed by atoms with E-state index >= 15 is 0 Å². The van der Waals surface area contributed by atoms with Gasteiger partial charge in [-0.25, -0.2) is 4.39 Å². The third kappa shape index (κ3) is 4.38. The van der Waals surface area contributed by atoms with Crippen LogP contribution in [0, 0.1) is 5.82 Å². The van der Waals surface area contributed by atoms with E-state index < -0.39 is 23.5 Å². The van der Waals surface area contributed by atoms with Gasteiger partial charge in [-0.3, -0.25) is 24.1 Å². The molecule has 31 heavy (non-hydrogen) atoms. The fourth-order valence-electron chi connectivity index (χ4n) is 3.07. The Bertz CT molecular complexity index is 1160. The van der Waals surface area contributed by atoms with Gasteiger partial charge in [0, 0.05) is 18.4 Å². The van der Waals surface area contributed by atoms with Gasteiger partial charge in [0.25, 0.3) is 11.8 Å². The zero-order valence-electron chi connectivity index (χ0n) is 16.0. The Balaban J connectivity index is 1.31. The van der Waals surface area contributed by atoms with Crippen LogP contribution in [0.4, 0.5) is 9.52 Å². The van der Waals surface area contributed by atoms with Gasteiger partial charge in [-0.05, 0) is 36.4 Å². The lowest BCUT2D eigenvalue weighted by atomic mass is 10.1. The number of halogens is 1. The molecule has 0 radical (unpaired) electrons. The summed E-state index contributed by atoms with van der Waals surface area (Å²) in [4.78, 5) is 50.1. The SMILES string of the molecule is O=C(CCC(=O)c1ccc(F)cc1)Nc1nnc(CN2C(=O)c3ccccc3C2=O)s1. The Kier molecular flexibility index (Phi) is 5.63. The maximum atomic E-state index is 12.9. The fraction of sp³-hybridized carbons (Fsp3) is 0.143. The number of nitrogens with one attached hydrogen (secondary N) is 1. The standard InChI is InChI=1S/C21H15FN4O4S/c22-13-7-5-12(6-8-13)16(27)9-10-17(28)23-21-25-24-18(31-21)11-26-19(29)14-3-1-2-4-15(14)20(26)30/h1-8H,9-11H2,(H,23,25,28). The lowest BCUT2D eigenvalue weighted by Crippen LogP contribution is -2.29. The smallest absolute Gasteiger partial charge is 0.261 e. The molecular weight excluding hydrogens is 423 g/mol. The monoisotopic (exact) mass is 438 g/mol. The van der Waals surface area contributed by atoms with Crippen molar-refractivity contribution in [2.45, 2.75) is 19.4 Å². The summed E-state index contributed by atoms with van der Waals surface area (Å²) >= 11 is 1.04. The van der Waals surface area contributed by atoms with E-state index in [0.717, 1.165) is 16.2 Å². The van der Waals surface area contributed by atoms with Crippen LogP contribution in [0.3, 0.4) is 0 Å². The van der Waals surface area contributed by atoms with E-state index in [1.54, 1.807) is 24.3 Å². The second-order valence-corrected chi connectivity index (χ2v) is 7.78. The first-order valence-corrected chi connectivity index (χ1v) is 10.1. The Morgan fingerprint density at radius 3 is 2.23 bits per heavy atom. The van der Waals surface area contributed by atoms with Crippen LogP contribution in [0.2, 0.25) is 0 Å². The van der Waals surface area contributed by atoms with Crippen molar-refractivity contribution in [3.05, 3.63) is 76.0 Å². The molecule has 0 bridgehead atoms. The van der Waals surface area contributed by atoms with Crippen molar-refractivity contribution >= 4 is 40.0 Å². The van der Waals surface area contributed by atoms with Gasteiger partial charge in [0.05, 0.1) is 17.7 Å². The van der Waals surface area contributed by atoms with Crippen molar-refractivity contribution in [2.24, 2.45) is 0 Å². The number of Topliss-reactive ketones (excluding diaryl/α,β-unsaturated/α-hetero) is 1. The average molecular weight is 438 g/mol. The minimum atomic E-state index is -0.442. The molecule has 4 rings (SSSR count). The summed E-state index contributed by atoms with van der Waals surface area (Å²) < 4.78 is 12.9. The molecular formula is C21H15FN4O4S. The molecule has 3 aromatic rings. The normalized spacial score (nSPS) is 12.7. The van der Waals surface area contributed by atoms with Gasteiger partial charge in [0.15, 0.2) is 5.78 Å². The molecule has 0 aliphatic carbocycles. The number of hydrogen-bond acceptors (Lipinski definition) is 7. The lowest BCUT2D eigenvalue weighted by Gasteiger charge is -2.10. The molecule has 1 aliphatic heterocycles. The highest BCUT2D eigenvalue weighted by Crippen LogP contribution is 2.26. The van der Waals surface area contributed by atoms with Crippen LogP contribution in [-0.4, -0.2) is 38.6 Å². The summed E-state index contributed by atoms with van der Waals surface area (Å²) in [7, 11) is 0. The first kappa shape index (κ1) is 20.5. The van der Waals surface area contributed by atoms with E-state index in [-0.39, 0.29) is 30.3 Å². The van der Waals surface area contributed by atoms with Crippen LogP contribution < -0.4 is 5.32 Å². The summed E-state index contributed by atoms with van der Waals surface area (Å²) in [6, 6.07) is 11.7. The molecule has 2 heterocycles. The van der Waals surface area contributed by atoms with Crippen molar-refractivity contribution in [2.75, 3.05) is 5.32 Å². The number of ketones is 1. The third-order valence-corrected chi connectivity index (χ3v) is 5.45. The molecule has 0 unspecified atom stereocenters. The van der Waals surface area contributed by atoms with Crippen LogP contribution >= 0.6 is 11.3 Å². The number of anilines is 1. The fourth-order valence-corrected chi connectivity index (χ4v) is 3.82. The van der Waals surface area contributed by atoms with Crippen LogP contribution in [0.1, 0.15) is 48.9 Å². The molecule has 8 nitrogen and oxygen atoms in total. The van der Waals surface area contributed by atoms with Crippen LogP contribution in [-0.2, 0) is 11.3 Å². The number of nitrogens with zero attached hydrogens (tertiary/aromatic N) is 3. The van der Waals surface area contributed by atoms with E-state index in [4.69, 9.17) is 0 Å². The number of imide groups is 1. The summed E-state index contributed by atoms with van der Waals surface area (Å²) in [5, 5.41) is 10.9. The van der Waals surface area contributed by atoms with Crippen molar-refractivity contribution in [3.8, 4) is 0 Å². The predicted molar refractivity (Wildman–Crippen MR) is 109 cm³/mol. The minimum absolute atomic E-state index is 0.0435. The molecule has 2 aromatic carbocycles. The second kappa shape index (κ2) is 8.52. The van der Waals surface area contributed by atoms with Crippen LogP contribution in [0.15, 0.2) is 48.5 Å². The van der Waals surface area contributed by atoms with Gasteiger partial charge in [-0.2, -0.15) is 0 Å². The third-order valence-electron chi connectivity index (χ3n) is 4.63. The number of aromatic nitrogens is 2. The first-order valence-electron chi connectivity index (χ1n) is 9.28. The Morgan fingerprint density at radius 1 is 0.935 bits per heavy atom. The number of amides is 3. The van der Waals surface area contributed by atoms with Crippen LogP contribution in [0.25, 0.3) is 0 Å². The molecule has 10 heteroatoms. The summed E-state index contributed by atoms with van der Waals surface area (Å²) in [5.74, 6) is -1.96. The van der Waals surface area contributed by atoms with E-state index in [1.807, 2.05) is 0 Å². The average Bonchev–Trinajstić information content (AvgIpc) is 3.31. The summed E-state index contributed by atoms with van der Waals surface area (Å²) in [5.41, 5.74) is 1.01. The number of carbonyl (C=O) groups is 4. The van der Waals surface area contributed by atoms with Gasteiger partial charge >= 0.3 is 0 Å². The first-order chi connectivity index (χ1) is 14.9. The van der Waals surface area contributed by atoms with Crippen LogP contribution in [0.5, 0.6) is 0 Å². The number of fused-ring (bicyclic) bond motifs is 1. The molecule has 0 spiro atoms. The van der Waals surface area contributed by atoms with Crippen molar-refractivity contribution in [1.29, 1.82) is 0 Å². The van der Waals surface area contributed by atoms with Gasteiger partial charge < -0.3 is 5.32 Å². The highest BCUT2D eigenvalue weighted by molar-refractivity contribution is 7.15. The summed E-state index contributed by atoms with van der Waals surface area (Å²) in [6.07, 6.45) is -0.123. The molecule has 1 aliphatic rings. The number of rotatable bonds is 7. The Morgan fingerprint density at radius 2 is 1.58 bits per heavy atom. The molecule has 3 amide bonds. The second-order valence-electron chi connectivity index (χ2n) is 6.72. The van der Waals surface area contributed by atoms with Gasteiger partial charge in [0.2, 0.25) is 11.0 Å². The van der Waals surface area contributed by atoms with Gasteiger partial charge in [0.1, 0.15) is 10.8 Å². The zero-order valence-corrected chi connectivity index (χ0v) is 16.8. The number of carbonyl (C=O) groups excluding carboxylic acids is 4. The van der Waals surface area contributed by atoms with E-state index in [2.05, 4.69) is 15.5 Å². The topological polar surface area (TPSA) is 109 Å². The number of hydrogen-bond donors (Lipinski definition) is 1. The zero-order chi connectivity index (χ0) is 22.0. The van der Waals surface area contributed by atoms with Gasteiger partial charge in [-0.15, -0.1) is 10.2 Å². The predicted octanol–water partition coefficient (Wildman–Crippen LogP) is 3.08. The molecule has 0 saturated carbocycles. The molecule has 1 N–H and O–H groups in total. The quantitative estimate of drug-likeness (QED) is 0.449. The van der Waals surface area contributed by atoms with E-state index in [9.17, 15) is 23.6 Å². The highest BCUT2D eigenvalue weighted by Gasteiger charge is 2.35. The maximum absolute atomic E-state index is 12.9. The summed E-state index contributed by atoms with van der Waals surface area (Å²) in [6.45, 7) is -0.0526.